The number of hydrogen-bond donors (Lipinski definition) is 1. The first-order valence-electron chi connectivity index (χ1n) is 7.39. The molecule has 2 N–H and O–H groups in total. The maximum Gasteiger partial charge on any atom is 0.122 e. The van der Waals surface area contributed by atoms with Gasteiger partial charge < -0.3 is 15.2 Å². The van der Waals surface area contributed by atoms with Crippen molar-refractivity contribution in [3.8, 4) is 5.75 Å². The third-order valence-corrected chi connectivity index (χ3v) is 3.97. The van der Waals surface area contributed by atoms with Crippen LogP contribution in [0.1, 0.15) is 28.4 Å². The summed E-state index contributed by atoms with van der Waals surface area (Å²) in [5.41, 5.74) is 10.5. The summed E-state index contributed by atoms with van der Waals surface area (Å²) in [4.78, 5) is 0. The quantitative estimate of drug-likeness (QED) is 0.937. The minimum atomic E-state index is 0.0101. The molecular weight excluding hydrogens is 262 g/mol. The van der Waals surface area contributed by atoms with E-state index in [1.165, 1.54) is 11.1 Å². The van der Waals surface area contributed by atoms with Crippen molar-refractivity contribution in [1.29, 1.82) is 0 Å². The molecule has 0 amide bonds. The first-order chi connectivity index (χ1) is 10.3. The predicted molar refractivity (Wildman–Crippen MR) is 83.4 cm³/mol. The summed E-state index contributed by atoms with van der Waals surface area (Å²) in [6, 6.07) is 14.5. The fourth-order valence-electron chi connectivity index (χ4n) is 2.71. The molecule has 21 heavy (non-hydrogen) atoms. The highest BCUT2D eigenvalue weighted by molar-refractivity contribution is 5.37. The highest BCUT2D eigenvalue weighted by Crippen LogP contribution is 2.28. The minimum absolute atomic E-state index is 0.0101. The Morgan fingerprint density at radius 3 is 2.95 bits per heavy atom. The number of fused-ring (bicyclic) bond motifs is 1. The van der Waals surface area contributed by atoms with E-state index in [2.05, 4.69) is 24.3 Å². The number of ether oxygens (including phenoxy) is 2. The topological polar surface area (TPSA) is 44.5 Å². The lowest BCUT2D eigenvalue weighted by atomic mass is 9.98. The predicted octanol–water partition coefficient (Wildman–Crippen LogP) is 3.15. The van der Waals surface area contributed by atoms with E-state index in [1.54, 1.807) is 0 Å². The molecule has 2 aromatic rings. The van der Waals surface area contributed by atoms with Gasteiger partial charge in [0.15, 0.2) is 0 Å². The van der Waals surface area contributed by atoms with Crippen molar-refractivity contribution in [2.75, 3.05) is 13.2 Å². The average Bonchev–Trinajstić information content (AvgIpc) is 2.54. The summed E-state index contributed by atoms with van der Waals surface area (Å²) in [5.74, 6) is 0.893. The van der Waals surface area contributed by atoms with Crippen LogP contribution in [0.25, 0.3) is 0 Å². The van der Waals surface area contributed by atoms with E-state index in [4.69, 9.17) is 15.2 Å². The monoisotopic (exact) mass is 283 g/mol. The van der Waals surface area contributed by atoms with Crippen LogP contribution in [0.15, 0.2) is 42.5 Å². The summed E-state index contributed by atoms with van der Waals surface area (Å²) in [6.45, 7) is 3.86. The Kier molecular flexibility index (Phi) is 4.23. The Hall–Kier alpha value is -1.84. The fourth-order valence-corrected chi connectivity index (χ4v) is 2.71. The molecule has 0 saturated carbocycles. The largest absolute Gasteiger partial charge is 0.490 e. The van der Waals surface area contributed by atoms with Crippen molar-refractivity contribution in [1.82, 2.24) is 0 Å². The van der Waals surface area contributed by atoms with Gasteiger partial charge in [0, 0.05) is 6.54 Å². The molecular formula is C18H21NO2. The van der Waals surface area contributed by atoms with Gasteiger partial charge in [-0.25, -0.2) is 0 Å². The molecule has 1 atom stereocenters. The molecule has 3 nitrogen and oxygen atoms in total. The van der Waals surface area contributed by atoms with Crippen molar-refractivity contribution < 1.29 is 9.47 Å². The molecule has 0 spiro atoms. The summed E-state index contributed by atoms with van der Waals surface area (Å²) >= 11 is 0. The minimum Gasteiger partial charge on any atom is -0.490 e. The molecule has 0 aromatic heterocycles. The van der Waals surface area contributed by atoms with E-state index in [0.29, 0.717) is 13.2 Å². The van der Waals surface area contributed by atoms with Crippen molar-refractivity contribution in [3.05, 3.63) is 64.7 Å². The lowest BCUT2D eigenvalue weighted by Gasteiger charge is -2.26. The SMILES string of the molecule is Cc1ccc(CN)cc1OCC1OCCc2ccccc21. The van der Waals surface area contributed by atoms with E-state index in [-0.39, 0.29) is 6.10 Å². The zero-order valence-corrected chi connectivity index (χ0v) is 12.3. The van der Waals surface area contributed by atoms with Crippen LogP contribution in [-0.2, 0) is 17.7 Å². The van der Waals surface area contributed by atoms with Gasteiger partial charge in [-0.15, -0.1) is 0 Å². The Morgan fingerprint density at radius 2 is 2.10 bits per heavy atom. The number of benzene rings is 2. The van der Waals surface area contributed by atoms with Crippen molar-refractivity contribution in [2.24, 2.45) is 5.73 Å². The summed E-state index contributed by atoms with van der Waals surface area (Å²) in [5, 5.41) is 0. The molecule has 3 rings (SSSR count). The van der Waals surface area contributed by atoms with E-state index >= 15 is 0 Å². The molecule has 0 fully saturated rings. The molecule has 0 saturated heterocycles. The third kappa shape index (κ3) is 3.09. The Morgan fingerprint density at radius 1 is 1.24 bits per heavy atom. The van der Waals surface area contributed by atoms with Crippen LogP contribution < -0.4 is 10.5 Å². The van der Waals surface area contributed by atoms with Crippen LogP contribution in [0, 0.1) is 6.92 Å². The van der Waals surface area contributed by atoms with Gasteiger partial charge in [0.25, 0.3) is 0 Å². The van der Waals surface area contributed by atoms with E-state index in [0.717, 1.165) is 29.9 Å². The second-order valence-corrected chi connectivity index (χ2v) is 5.42. The smallest absolute Gasteiger partial charge is 0.122 e. The van der Waals surface area contributed by atoms with Crippen molar-refractivity contribution in [2.45, 2.75) is 26.0 Å². The molecule has 1 aliphatic rings. The van der Waals surface area contributed by atoms with E-state index in [1.807, 2.05) is 25.1 Å². The van der Waals surface area contributed by atoms with Gasteiger partial charge in [-0.1, -0.05) is 36.4 Å². The Balaban J connectivity index is 1.74. The molecule has 3 heteroatoms. The molecule has 2 aromatic carbocycles. The molecule has 1 heterocycles. The molecule has 0 bridgehead atoms. The van der Waals surface area contributed by atoms with Crippen molar-refractivity contribution >= 4 is 0 Å². The van der Waals surface area contributed by atoms with Gasteiger partial charge in [0.05, 0.1) is 6.61 Å². The highest BCUT2D eigenvalue weighted by atomic mass is 16.5. The molecule has 1 unspecified atom stereocenters. The number of aryl methyl sites for hydroxylation is 1. The van der Waals surface area contributed by atoms with Gasteiger partial charge >= 0.3 is 0 Å². The van der Waals surface area contributed by atoms with Gasteiger partial charge in [0.1, 0.15) is 18.5 Å². The van der Waals surface area contributed by atoms with Crippen LogP contribution in [0.2, 0.25) is 0 Å². The van der Waals surface area contributed by atoms with Gasteiger partial charge in [-0.2, -0.15) is 0 Å². The zero-order valence-electron chi connectivity index (χ0n) is 12.3. The normalized spacial score (nSPS) is 17.3. The summed E-state index contributed by atoms with van der Waals surface area (Å²) < 4.78 is 11.9. The first-order valence-corrected chi connectivity index (χ1v) is 7.39. The first kappa shape index (κ1) is 14.1. The number of hydrogen-bond acceptors (Lipinski definition) is 3. The molecule has 110 valence electrons. The molecule has 0 aliphatic carbocycles. The van der Waals surface area contributed by atoms with Gasteiger partial charge in [-0.3, -0.25) is 0 Å². The Labute approximate surface area is 125 Å². The lowest BCUT2D eigenvalue weighted by molar-refractivity contribution is 0.0100. The van der Waals surface area contributed by atoms with Crippen LogP contribution in [-0.4, -0.2) is 13.2 Å². The second kappa shape index (κ2) is 6.29. The van der Waals surface area contributed by atoms with Crippen molar-refractivity contribution in [3.63, 3.8) is 0 Å². The van der Waals surface area contributed by atoms with Gasteiger partial charge in [0.2, 0.25) is 0 Å². The van der Waals surface area contributed by atoms with E-state index in [9.17, 15) is 0 Å². The fraction of sp³-hybridized carbons (Fsp3) is 0.333. The van der Waals surface area contributed by atoms with Crippen LogP contribution >= 0.6 is 0 Å². The number of nitrogens with two attached hydrogens (primary N) is 1. The van der Waals surface area contributed by atoms with Crippen LogP contribution in [0.4, 0.5) is 0 Å². The highest BCUT2D eigenvalue weighted by Gasteiger charge is 2.21. The standard InChI is InChI=1S/C18H21NO2/c1-13-6-7-14(11-19)10-17(13)21-12-18-16-5-3-2-4-15(16)8-9-20-18/h2-7,10,18H,8-9,11-12,19H2,1H3. The average molecular weight is 283 g/mol. The summed E-state index contributed by atoms with van der Waals surface area (Å²) in [6.07, 6.45) is 0.991. The van der Waals surface area contributed by atoms with Crippen LogP contribution in [0.3, 0.4) is 0 Å². The maximum absolute atomic E-state index is 6.00. The third-order valence-electron chi connectivity index (χ3n) is 3.97. The zero-order chi connectivity index (χ0) is 14.7. The molecule has 0 radical (unpaired) electrons. The molecule has 1 aliphatic heterocycles. The second-order valence-electron chi connectivity index (χ2n) is 5.42. The van der Waals surface area contributed by atoms with Crippen LogP contribution in [0.5, 0.6) is 5.75 Å². The summed E-state index contributed by atoms with van der Waals surface area (Å²) in [7, 11) is 0. The number of rotatable bonds is 4. The maximum atomic E-state index is 6.00. The Bertz CT molecular complexity index is 624. The lowest BCUT2D eigenvalue weighted by Crippen LogP contribution is -2.21. The van der Waals surface area contributed by atoms with Gasteiger partial charge in [-0.05, 0) is 41.7 Å². The van der Waals surface area contributed by atoms with E-state index < -0.39 is 0 Å².